The van der Waals surface area contributed by atoms with Crippen molar-refractivity contribution >= 4 is 0 Å². The summed E-state index contributed by atoms with van der Waals surface area (Å²) < 4.78 is 0. The van der Waals surface area contributed by atoms with E-state index < -0.39 is 0 Å². The monoisotopic (exact) mass is 284 g/mol. The Kier molecular flexibility index (Phi) is 4.56. The average molecular weight is 284 g/mol. The molecule has 0 spiro atoms. The zero-order chi connectivity index (χ0) is 15.5. The molecule has 2 N–H and O–H groups in total. The summed E-state index contributed by atoms with van der Waals surface area (Å²) in [5, 5.41) is 19.1. The molecule has 0 aliphatic rings. The normalized spacial score (nSPS) is 11.8. The zero-order valence-electron chi connectivity index (χ0n) is 13.0. The molecule has 2 nitrogen and oxygen atoms in total. The maximum atomic E-state index is 9.56. The van der Waals surface area contributed by atoms with Crippen molar-refractivity contribution in [3.05, 3.63) is 59.7 Å². The lowest BCUT2D eigenvalue weighted by Crippen LogP contribution is -2.33. The van der Waals surface area contributed by atoms with Crippen LogP contribution in [0.25, 0.3) is 0 Å². The molecular weight excluding hydrogens is 260 g/mol. The molecule has 0 saturated carbocycles. The molecule has 0 aliphatic carbocycles. The van der Waals surface area contributed by atoms with Gasteiger partial charge in [-0.15, -0.1) is 0 Å². The number of aromatic hydroxyl groups is 2. The van der Waals surface area contributed by atoms with Gasteiger partial charge in [-0.1, -0.05) is 51.5 Å². The van der Waals surface area contributed by atoms with E-state index >= 15 is 0 Å². The van der Waals surface area contributed by atoms with E-state index in [1.165, 1.54) is 11.1 Å². The average Bonchev–Trinajstić information content (AvgIpc) is 2.46. The summed E-state index contributed by atoms with van der Waals surface area (Å²) in [6.45, 7) is 6.66. The molecule has 2 heteroatoms. The Morgan fingerprint density at radius 1 is 0.810 bits per heavy atom. The van der Waals surface area contributed by atoms with Crippen molar-refractivity contribution in [1.82, 2.24) is 0 Å². The SMILES string of the molecule is CCCC(c1ccc(O)cc1)(c1ccc(O)cc1)C(C)C. The fraction of sp³-hybridized carbons (Fsp3) is 0.368. The molecule has 0 bridgehead atoms. The number of hydrogen-bond acceptors (Lipinski definition) is 2. The van der Waals surface area contributed by atoms with E-state index in [0.29, 0.717) is 17.4 Å². The van der Waals surface area contributed by atoms with E-state index in [-0.39, 0.29) is 5.41 Å². The predicted molar refractivity (Wildman–Crippen MR) is 86.7 cm³/mol. The van der Waals surface area contributed by atoms with Crippen LogP contribution < -0.4 is 0 Å². The molecule has 0 heterocycles. The lowest BCUT2D eigenvalue weighted by atomic mass is 9.64. The first-order valence-corrected chi connectivity index (χ1v) is 7.59. The second-order valence-corrected chi connectivity index (χ2v) is 5.97. The van der Waals surface area contributed by atoms with Crippen molar-refractivity contribution in [2.75, 3.05) is 0 Å². The second kappa shape index (κ2) is 6.21. The predicted octanol–water partition coefficient (Wildman–Crippen LogP) is 4.84. The minimum atomic E-state index is -0.101. The number of hydrogen-bond donors (Lipinski definition) is 2. The maximum absolute atomic E-state index is 9.56. The van der Waals surface area contributed by atoms with E-state index in [9.17, 15) is 10.2 Å². The van der Waals surface area contributed by atoms with Crippen molar-refractivity contribution in [2.45, 2.75) is 39.0 Å². The van der Waals surface area contributed by atoms with E-state index in [4.69, 9.17) is 0 Å². The first kappa shape index (κ1) is 15.4. The molecule has 2 rings (SSSR count). The van der Waals surface area contributed by atoms with Crippen LogP contribution in [0.5, 0.6) is 11.5 Å². The van der Waals surface area contributed by atoms with Crippen molar-refractivity contribution < 1.29 is 10.2 Å². The lowest BCUT2D eigenvalue weighted by Gasteiger charge is -2.39. The molecule has 112 valence electrons. The van der Waals surface area contributed by atoms with Gasteiger partial charge in [-0.05, 0) is 47.7 Å². The van der Waals surface area contributed by atoms with Crippen LogP contribution in [0.3, 0.4) is 0 Å². The second-order valence-electron chi connectivity index (χ2n) is 5.97. The summed E-state index contributed by atoms with van der Waals surface area (Å²) in [4.78, 5) is 0. The van der Waals surface area contributed by atoms with Gasteiger partial charge in [-0.3, -0.25) is 0 Å². The molecule has 21 heavy (non-hydrogen) atoms. The molecule has 0 aliphatic heterocycles. The Bertz CT molecular complexity index is 522. The summed E-state index contributed by atoms with van der Waals surface area (Å²) >= 11 is 0. The highest BCUT2D eigenvalue weighted by molar-refractivity contribution is 5.43. The van der Waals surface area contributed by atoms with Gasteiger partial charge in [0.05, 0.1) is 0 Å². The zero-order valence-corrected chi connectivity index (χ0v) is 13.0. The fourth-order valence-corrected chi connectivity index (χ4v) is 3.32. The minimum absolute atomic E-state index is 0.101. The Morgan fingerprint density at radius 2 is 1.19 bits per heavy atom. The van der Waals surface area contributed by atoms with Crippen LogP contribution in [0, 0.1) is 5.92 Å². The first-order valence-electron chi connectivity index (χ1n) is 7.59. The molecule has 2 aromatic carbocycles. The number of benzene rings is 2. The van der Waals surface area contributed by atoms with Gasteiger partial charge in [0.15, 0.2) is 0 Å². The molecule has 2 aromatic rings. The van der Waals surface area contributed by atoms with Crippen LogP contribution in [0.1, 0.15) is 44.7 Å². The van der Waals surface area contributed by atoms with Crippen molar-refractivity contribution in [3.8, 4) is 11.5 Å². The topological polar surface area (TPSA) is 40.5 Å². The fourth-order valence-electron chi connectivity index (χ4n) is 3.32. The Labute approximate surface area is 127 Å². The molecule has 0 saturated heterocycles. The van der Waals surface area contributed by atoms with Gasteiger partial charge in [0.25, 0.3) is 0 Å². The van der Waals surface area contributed by atoms with Gasteiger partial charge < -0.3 is 10.2 Å². The Hall–Kier alpha value is -1.96. The summed E-state index contributed by atoms with van der Waals surface area (Å²) in [5.41, 5.74) is 2.32. The van der Waals surface area contributed by atoms with Crippen LogP contribution in [0.15, 0.2) is 48.5 Å². The standard InChI is InChI=1S/C19H24O2/c1-4-13-19(14(2)3,15-5-9-17(20)10-6-15)16-7-11-18(21)12-8-16/h5-12,14,20-21H,4,13H2,1-3H3. The largest absolute Gasteiger partial charge is 0.508 e. The highest BCUT2D eigenvalue weighted by atomic mass is 16.3. The molecule has 0 aromatic heterocycles. The van der Waals surface area contributed by atoms with Crippen LogP contribution in [0.4, 0.5) is 0 Å². The molecular formula is C19H24O2. The van der Waals surface area contributed by atoms with Crippen LogP contribution in [-0.4, -0.2) is 10.2 Å². The quantitative estimate of drug-likeness (QED) is 0.824. The van der Waals surface area contributed by atoms with E-state index in [1.54, 1.807) is 24.3 Å². The third-order valence-electron chi connectivity index (χ3n) is 4.39. The van der Waals surface area contributed by atoms with Gasteiger partial charge in [-0.2, -0.15) is 0 Å². The van der Waals surface area contributed by atoms with Crippen molar-refractivity contribution in [2.24, 2.45) is 5.92 Å². The van der Waals surface area contributed by atoms with E-state index in [0.717, 1.165) is 12.8 Å². The molecule has 0 atom stereocenters. The maximum Gasteiger partial charge on any atom is 0.115 e. The summed E-state index contributed by atoms with van der Waals surface area (Å²) in [5.74, 6) is 0.990. The highest BCUT2D eigenvalue weighted by Gasteiger charge is 2.36. The van der Waals surface area contributed by atoms with Gasteiger partial charge >= 0.3 is 0 Å². The number of rotatable bonds is 5. The molecule has 0 unspecified atom stereocenters. The summed E-state index contributed by atoms with van der Waals surface area (Å²) in [6.07, 6.45) is 2.10. The van der Waals surface area contributed by atoms with Crippen LogP contribution >= 0.6 is 0 Å². The van der Waals surface area contributed by atoms with Crippen molar-refractivity contribution in [1.29, 1.82) is 0 Å². The van der Waals surface area contributed by atoms with Crippen LogP contribution in [0.2, 0.25) is 0 Å². The third kappa shape index (κ3) is 2.90. The van der Waals surface area contributed by atoms with Gasteiger partial charge in [0.1, 0.15) is 11.5 Å². The first-order chi connectivity index (χ1) is 10.0. The Balaban J connectivity index is 2.62. The summed E-state index contributed by atoms with van der Waals surface area (Å²) in [7, 11) is 0. The Morgan fingerprint density at radius 3 is 1.48 bits per heavy atom. The van der Waals surface area contributed by atoms with Gasteiger partial charge in [-0.25, -0.2) is 0 Å². The van der Waals surface area contributed by atoms with Gasteiger partial charge in [0.2, 0.25) is 0 Å². The number of phenols is 2. The van der Waals surface area contributed by atoms with E-state index in [1.807, 2.05) is 24.3 Å². The highest BCUT2D eigenvalue weighted by Crippen LogP contribution is 2.43. The van der Waals surface area contributed by atoms with Crippen LogP contribution in [-0.2, 0) is 5.41 Å². The summed E-state index contributed by atoms with van der Waals surface area (Å²) in [6, 6.07) is 15.1. The lowest BCUT2D eigenvalue weighted by molar-refractivity contribution is 0.340. The minimum Gasteiger partial charge on any atom is -0.508 e. The number of phenolic OH excluding ortho intramolecular Hbond substituents is 2. The smallest absolute Gasteiger partial charge is 0.115 e. The van der Waals surface area contributed by atoms with Gasteiger partial charge in [0, 0.05) is 5.41 Å². The molecule has 0 radical (unpaired) electrons. The third-order valence-corrected chi connectivity index (χ3v) is 4.39. The molecule has 0 amide bonds. The molecule has 0 fully saturated rings. The van der Waals surface area contributed by atoms with Crippen molar-refractivity contribution in [3.63, 3.8) is 0 Å². The van der Waals surface area contributed by atoms with E-state index in [2.05, 4.69) is 20.8 Å².